The Morgan fingerprint density at radius 2 is 2.12 bits per heavy atom. The summed E-state index contributed by atoms with van der Waals surface area (Å²) in [7, 11) is 0. The fourth-order valence-corrected chi connectivity index (χ4v) is 4.61. The van der Waals surface area contributed by atoms with Crippen molar-refractivity contribution in [3.8, 4) is 0 Å². The second-order valence-corrected chi connectivity index (χ2v) is 8.93. The minimum Gasteiger partial charge on any atom is -0.328 e. The number of anilines is 1. The third-order valence-corrected chi connectivity index (χ3v) is 5.87. The van der Waals surface area contributed by atoms with Gasteiger partial charge in [-0.25, -0.2) is 4.68 Å². The van der Waals surface area contributed by atoms with Gasteiger partial charge in [0, 0.05) is 22.2 Å². The summed E-state index contributed by atoms with van der Waals surface area (Å²) in [5.41, 5.74) is 1.49. The first kappa shape index (κ1) is 17.9. The SMILES string of the molecule is CSc1nc2n(n1)[C@H](c1ccc(Cl)cc1Cl)[C@@H]1C(=O)CC(C)(C)C=C1N2. The van der Waals surface area contributed by atoms with Crippen LogP contribution in [0.1, 0.15) is 31.9 Å². The lowest BCUT2D eigenvalue weighted by atomic mass is 9.72. The maximum absolute atomic E-state index is 13.1. The molecule has 1 aromatic heterocycles. The smallest absolute Gasteiger partial charge is 0.227 e. The molecular weight excluding hydrogens is 391 g/mol. The average Bonchev–Trinajstić information content (AvgIpc) is 2.95. The summed E-state index contributed by atoms with van der Waals surface area (Å²) < 4.78 is 1.78. The largest absolute Gasteiger partial charge is 0.328 e. The van der Waals surface area contributed by atoms with E-state index in [-0.39, 0.29) is 23.2 Å². The Balaban J connectivity index is 1.94. The first-order chi connectivity index (χ1) is 12.3. The van der Waals surface area contributed by atoms with Crippen LogP contribution < -0.4 is 5.32 Å². The van der Waals surface area contributed by atoms with Crippen molar-refractivity contribution >= 4 is 46.7 Å². The third-order valence-electron chi connectivity index (χ3n) is 4.77. The highest BCUT2D eigenvalue weighted by Crippen LogP contribution is 2.47. The Morgan fingerprint density at radius 3 is 2.81 bits per heavy atom. The molecule has 0 bridgehead atoms. The predicted octanol–water partition coefficient (Wildman–Crippen LogP) is 4.82. The molecule has 8 heteroatoms. The maximum atomic E-state index is 13.1. The first-order valence-electron chi connectivity index (χ1n) is 8.27. The van der Waals surface area contributed by atoms with Gasteiger partial charge in [0.1, 0.15) is 5.78 Å². The molecule has 0 radical (unpaired) electrons. The Labute approximate surface area is 166 Å². The van der Waals surface area contributed by atoms with E-state index in [1.54, 1.807) is 16.8 Å². The van der Waals surface area contributed by atoms with Crippen LogP contribution in [-0.2, 0) is 4.79 Å². The van der Waals surface area contributed by atoms with Crippen LogP contribution in [0, 0.1) is 11.3 Å². The van der Waals surface area contributed by atoms with Crippen molar-refractivity contribution in [1.82, 2.24) is 14.8 Å². The van der Waals surface area contributed by atoms with Crippen LogP contribution in [0.3, 0.4) is 0 Å². The molecule has 1 aromatic carbocycles. The summed E-state index contributed by atoms with van der Waals surface area (Å²) in [5.74, 6) is 0.423. The molecular formula is C18H18Cl2N4OS. The van der Waals surface area contributed by atoms with Gasteiger partial charge in [0.25, 0.3) is 0 Å². The predicted molar refractivity (Wildman–Crippen MR) is 105 cm³/mol. The Morgan fingerprint density at radius 1 is 1.35 bits per heavy atom. The topological polar surface area (TPSA) is 59.8 Å². The van der Waals surface area contributed by atoms with E-state index in [0.717, 1.165) is 11.3 Å². The molecule has 0 fully saturated rings. The average molecular weight is 409 g/mol. The van der Waals surface area contributed by atoms with Crippen molar-refractivity contribution in [2.45, 2.75) is 31.5 Å². The Hall–Kier alpha value is -1.50. The lowest BCUT2D eigenvalue weighted by molar-refractivity contribution is -0.125. The number of allylic oxidation sites excluding steroid dienone is 2. The molecule has 1 aliphatic heterocycles. The first-order valence-corrected chi connectivity index (χ1v) is 10.2. The molecule has 4 rings (SSSR count). The highest BCUT2D eigenvalue weighted by Gasteiger charge is 2.45. The number of nitrogens with zero attached hydrogens (tertiary/aromatic N) is 3. The number of halogens is 2. The van der Waals surface area contributed by atoms with Gasteiger partial charge in [-0.15, -0.1) is 5.10 Å². The van der Waals surface area contributed by atoms with E-state index in [1.165, 1.54) is 11.8 Å². The molecule has 1 N–H and O–H groups in total. The van der Waals surface area contributed by atoms with Gasteiger partial charge in [-0.3, -0.25) is 4.79 Å². The summed E-state index contributed by atoms with van der Waals surface area (Å²) in [5, 5.41) is 9.63. The summed E-state index contributed by atoms with van der Waals surface area (Å²) in [4.78, 5) is 17.6. The van der Waals surface area contributed by atoms with Crippen molar-refractivity contribution in [3.63, 3.8) is 0 Å². The molecule has 0 amide bonds. The molecule has 5 nitrogen and oxygen atoms in total. The molecule has 136 valence electrons. The van der Waals surface area contributed by atoms with Crippen molar-refractivity contribution in [3.05, 3.63) is 45.6 Å². The number of ketones is 1. The molecule has 2 aliphatic rings. The molecule has 26 heavy (non-hydrogen) atoms. The van der Waals surface area contributed by atoms with E-state index in [4.69, 9.17) is 23.2 Å². The monoisotopic (exact) mass is 408 g/mol. The molecule has 2 aromatic rings. The summed E-state index contributed by atoms with van der Waals surface area (Å²) in [6.45, 7) is 4.12. The molecule has 0 saturated carbocycles. The van der Waals surface area contributed by atoms with Gasteiger partial charge in [-0.05, 0) is 29.4 Å². The maximum Gasteiger partial charge on any atom is 0.227 e. The third kappa shape index (κ3) is 2.94. The number of hydrogen-bond acceptors (Lipinski definition) is 5. The molecule has 1 aliphatic carbocycles. The Kier molecular flexibility index (Phi) is 4.33. The Bertz CT molecular complexity index is 937. The minimum absolute atomic E-state index is 0.169. The van der Waals surface area contributed by atoms with Crippen molar-refractivity contribution in [2.24, 2.45) is 11.3 Å². The second-order valence-electron chi connectivity index (χ2n) is 7.31. The zero-order valence-corrected chi connectivity index (χ0v) is 16.9. The number of fused-ring (bicyclic) bond motifs is 2. The number of carbonyl (C=O) groups is 1. The zero-order chi connectivity index (χ0) is 18.6. The van der Waals surface area contributed by atoms with Crippen LogP contribution in [0.2, 0.25) is 10.0 Å². The lowest BCUT2D eigenvalue weighted by Crippen LogP contribution is -2.42. The quantitative estimate of drug-likeness (QED) is 0.721. The highest BCUT2D eigenvalue weighted by atomic mass is 35.5. The fourth-order valence-electron chi connectivity index (χ4n) is 3.75. The van der Waals surface area contributed by atoms with E-state index in [0.29, 0.717) is 27.6 Å². The zero-order valence-electron chi connectivity index (χ0n) is 14.6. The molecule has 2 heterocycles. The number of hydrogen-bond donors (Lipinski definition) is 1. The van der Waals surface area contributed by atoms with E-state index in [1.807, 2.05) is 12.3 Å². The minimum atomic E-state index is -0.370. The van der Waals surface area contributed by atoms with E-state index < -0.39 is 0 Å². The number of benzene rings is 1. The van der Waals surface area contributed by atoms with Crippen LogP contribution in [0.25, 0.3) is 0 Å². The van der Waals surface area contributed by atoms with E-state index in [2.05, 4.69) is 35.3 Å². The fraction of sp³-hybridized carbons (Fsp3) is 0.389. The van der Waals surface area contributed by atoms with Crippen molar-refractivity contribution < 1.29 is 4.79 Å². The number of thioether (sulfide) groups is 1. The molecule has 0 unspecified atom stereocenters. The number of Topliss-reactive ketones (excluding diaryl/α,β-unsaturated/α-hetero) is 1. The van der Waals surface area contributed by atoms with Gasteiger partial charge in [0.2, 0.25) is 11.1 Å². The van der Waals surface area contributed by atoms with Crippen molar-refractivity contribution in [1.29, 1.82) is 0 Å². The van der Waals surface area contributed by atoms with Crippen LogP contribution >= 0.6 is 35.0 Å². The van der Waals surface area contributed by atoms with E-state index >= 15 is 0 Å². The number of carbonyl (C=O) groups excluding carboxylic acids is 1. The number of aromatic nitrogens is 3. The standard InChI is InChI=1S/C18H18Cl2N4OS/c1-18(2)7-12-14(13(25)8-18)15(10-5-4-9(19)6-11(10)20)24-16(21-12)22-17(23-24)26-3/h4-7,14-15H,8H2,1-3H3,(H,21,22,23)/t14-,15+/m0/s1. The summed E-state index contributed by atoms with van der Waals surface area (Å²) in [6.07, 6.45) is 4.53. The second kappa shape index (κ2) is 6.29. The van der Waals surface area contributed by atoms with Crippen molar-refractivity contribution in [2.75, 3.05) is 11.6 Å². The van der Waals surface area contributed by atoms with Gasteiger partial charge in [-0.2, -0.15) is 4.98 Å². The summed E-state index contributed by atoms with van der Waals surface area (Å²) >= 11 is 14.0. The van der Waals surface area contributed by atoms with Gasteiger partial charge in [-0.1, -0.05) is 61.0 Å². The summed E-state index contributed by atoms with van der Waals surface area (Å²) in [6, 6.07) is 5.01. The van der Waals surface area contributed by atoms with Crippen LogP contribution in [0.5, 0.6) is 0 Å². The molecule has 0 saturated heterocycles. The van der Waals surface area contributed by atoms with Gasteiger partial charge < -0.3 is 5.32 Å². The van der Waals surface area contributed by atoms with Gasteiger partial charge in [0.05, 0.1) is 12.0 Å². The van der Waals surface area contributed by atoms with Crippen LogP contribution in [0.4, 0.5) is 5.95 Å². The normalized spacial score (nSPS) is 23.7. The van der Waals surface area contributed by atoms with Gasteiger partial charge in [0.15, 0.2) is 0 Å². The number of nitrogens with one attached hydrogen (secondary N) is 1. The van der Waals surface area contributed by atoms with Crippen LogP contribution in [0.15, 0.2) is 35.1 Å². The van der Waals surface area contributed by atoms with E-state index in [9.17, 15) is 4.79 Å². The number of rotatable bonds is 2. The highest BCUT2D eigenvalue weighted by molar-refractivity contribution is 7.98. The van der Waals surface area contributed by atoms with Gasteiger partial charge >= 0.3 is 0 Å². The molecule has 2 atom stereocenters. The van der Waals surface area contributed by atoms with Crippen LogP contribution in [-0.4, -0.2) is 26.8 Å². The molecule has 0 spiro atoms. The lowest BCUT2D eigenvalue weighted by Gasteiger charge is -2.40.